The maximum absolute atomic E-state index is 13.2. The van der Waals surface area contributed by atoms with E-state index < -0.39 is 6.04 Å². The van der Waals surface area contributed by atoms with Gasteiger partial charge in [0.05, 0.1) is 7.11 Å². The fourth-order valence-corrected chi connectivity index (χ4v) is 4.64. The number of hydrogen-bond acceptors (Lipinski definition) is 4. The number of nitrogens with one attached hydrogen (secondary N) is 3. The van der Waals surface area contributed by atoms with Crippen LogP contribution in [0.4, 0.5) is 5.69 Å². The predicted molar refractivity (Wildman–Crippen MR) is 163 cm³/mol. The van der Waals surface area contributed by atoms with Gasteiger partial charge in [-0.25, -0.2) is 0 Å². The van der Waals surface area contributed by atoms with Gasteiger partial charge in [-0.15, -0.1) is 0 Å². The molecule has 0 radical (unpaired) electrons. The van der Waals surface area contributed by atoms with E-state index >= 15 is 0 Å². The smallest absolute Gasteiger partial charge is 0.251 e. The number of rotatable bonds is 11. The van der Waals surface area contributed by atoms with Crippen LogP contribution in [0, 0.1) is 6.92 Å². The number of benzene rings is 4. The summed E-state index contributed by atoms with van der Waals surface area (Å²) in [7, 11) is 1.62. The van der Waals surface area contributed by atoms with Crippen LogP contribution in [0.1, 0.15) is 21.5 Å². The summed E-state index contributed by atoms with van der Waals surface area (Å²) in [6.45, 7) is 2.82. The molecule has 0 spiro atoms. The van der Waals surface area contributed by atoms with Gasteiger partial charge in [0.1, 0.15) is 11.8 Å². The van der Waals surface area contributed by atoms with Crippen LogP contribution < -0.4 is 20.7 Å². The quantitative estimate of drug-likeness (QED) is 0.177. The number of anilines is 1. The van der Waals surface area contributed by atoms with Crippen molar-refractivity contribution >= 4 is 40.7 Å². The summed E-state index contributed by atoms with van der Waals surface area (Å²) in [5.74, 6) is 0.205. The van der Waals surface area contributed by atoms with Gasteiger partial charge in [-0.2, -0.15) is 0 Å². The Morgan fingerprint density at radius 1 is 0.875 bits per heavy atom. The van der Waals surface area contributed by atoms with E-state index in [9.17, 15) is 9.59 Å². The first-order valence-electron chi connectivity index (χ1n) is 12.9. The van der Waals surface area contributed by atoms with Crippen molar-refractivity contribution in [3.8, 4) is 16.9 Å². The number of methoxy groups -OCH3 is 1. The molecule has 4 aromatic rings. The van der Waals surface area contributed by atoms with E-state index in [2.05, 4.69) is 16.0 Å². The van der Waals surface area contributed by atoms with Crippen LogP contribution in [0.2, 0.25) is 10.0 Å². The van der Waals surface area contributed by atoms with Gasteiger partial charge in [0.25, 0.3) is 5.91 Å². The van der Waals surface area contributed by atoms with Crippen LogP contribution in [0.5, 0.6) is 5.75 Å². The Hall–Kier alpha value is -4.00. The highest BCUT2D eigenvalue weighted by molar-refractivity contribution is 6.35. The van der Waals surface area contributed by atoms with Gasteiger partial charge in [-0.3, -0.25) is 9.59 Å². The van der Waals surface area contributed by atoms with E-state index in [0.29, 0.717) is 35.1 Å². The number of amides is 2. The molecule has 0 aromatic heterocycles. The lowest BCUT2D eigenvalue weighted by Crippen LogP contribution is -2.48. The van der Waals surface area contributed by atoms with E-state index in [1.54, 1.807) is 31.4 Å². The SMILES string of the molecule is COc1ccc(NCCNC(=O)[C@H](Cc2ccc(-c3cc(Cl)ccc3Cl)cc2)NC(=O)c2cccc(C)c2)cc1. The van der Waals surface area contributed by atoms with Crippen molar-refractivity contribution in [3.05, 3.63) is 118 Å². The Balaban J connectivity index is 1.43. The molecule has 2 amide bonds. The number of carbonyl (C=O) groups is 2. The largest absolute Gasteiger partial charge is 0.497 e. The summed E-state index contributed by atoms with van der Waals surface area (Å²) >= 11 is 12.5. The Morgan fingerprint density at radius 2 is 1.62 bits per heavy atom. The molecule has 1 atom stereocenters. The zero-order valence-corrected chi connectivity index (χ0v) is 23.9. The first-order chi connectivity index (χ1) is 19.3. The van der Waals surface area contributed by atoms with Gasteiger partial charge in [0.15, 0.2) is 0 Å². The van der Waals surface area contributed by atoms with E-state index in [1.165, 1.54) is 0 Å². The molecule has 0 heterocycles. The third-order valence-electron chi connectivity index (χ3n) is 6.38. The van der Waals surface area contributed by atoms with Gasteiger partial charge < -0.3 is 20.7 Å². The van der Waals surface area contributed by atoms with Crippen LogP contribution in [0.25, 0.3) is 11.1 Å². The fourth-order valence-electron chi connectivity index (χ4n) is 4.24. The van der Waals surface area contributed by atoms with Crippen molar-refractivity contribution in [2.75, 3.05) is 25.5 Å². The molecule has 0 saturated heterocycles. The summed E-state index contributed by atoms with van der Waals surface area (Å²) < 4.78 is 5.18. The van der Waals surface area contributed by atoms with E-state index in [1.807, 2.05) is 73.7 Å². The molecule has 0 unspecified atom stereocenters. The Kier molecular flexibility index (Phi) is 10.1. The monoisotopic (exact) mass is 575 g/mol. The van der Waals surface area contributed by atoms with Crippen LogP contribution in [0.3, 0.4) is 0 Å². The molecule has 0 saturated carbocycles. The zero-order valence-electron chi connectivity index (χ0n) is 22.3. The number of hydrogen-bond donors (Lipinski definition) is 3. The van der Waals surface area contributed by atoms with Crippen LogP contribution >= 0.6 is 23.2 Å². The summed E-state index contributed by atoms with van der Waals surface area (Å²) in [5.41, 5.74) is 5.01. The molecule has 0 aliphatic carbocycles. The first kappa shape index (κ1) is 29.0. The molecular weight excluding hydrogens is 545 g/mol. The maximum Gasteiger partial charge on any atom is 0.251 e. The second-order valence-corrected chi connectivity index (χ2v) is 10.2. The summed E-state index contributed by atoms with van der Waals surface area (Å²) in [4.78, 5) is 26.3. The van der Waals surface area contributed by atoms with Gasteiger partial charge in [-0.1, -0.05) is 65.2 Å². The van der Waals surface area contributed by atoms with Crippen LogP contribution in [-0.4, -0.2) is 38.1 Å². The molecule has 3 N–H and O–H groups in total. The number of aryl methyl sites for hydroxylation is 1. The highest BCUT2D eigenvalue weighted by atomic mass is 35.5. The van der Waals surface area contributed by atoms with Gasteiger partial charge in [0, 0.05) is 46.4 Å². The van der Waals surface area contributed by atoms with Crippen LogP contribution in [-0.2, 0) is 11.2 Å². The average Bonchev–Trinajstić information content (AvgIpc) is 2.97. The summed E-state index contributed by atoms with van der Waals surface area (Å²) in [6, 6.07) is 27.1. The van der Waals surface area contributed by atoms with Crippen molar-refractivity contribution in [3.63, 3.8) is 0 Å². The predicted octanol–water partition coefficient (Wildman–Crippen LogP) is 6.55. The number of halogens is 2. The topological polar surface area (TPSA) is 79.5 Å². The molecule has 4 aromatic carbocycles. The normalized spacial score (nSPS) is 11.4. The molecule has 6 nitrogen and oxygen atoms in total. The lowest BCUT2D eigenvalue weighted by atomic mass is 10.00. The zero-order chi connectivity index (χ0) is 28.5. The van der Waals surface area contributed by atoms with Crippen molar-refractivity contribution < 1.29 is 14.3 Å². The maximum atomic E-state index is 13.2. The molecule has 40 heavy (non-hydrogen) atoms. The first-order valence-corrected chi connectivity index (χ1v) is 13.7. The standard InChI is InChI=1S/C32H31Cl2N3O3/c1-21-4-3-5-24(18-21)31(38)37-30(32(39)36-17-16-35-26-11-13-27(40-2)14-12-26)19-22-6-8-23(9-7-22)28-20-25(33)10-15-29(28)34/h3-15,18,20,30,35H,16-17,19H2,1-2H3,(H,36,39)(H,37,38)/t30-/m0/s1. The minimum absolute atomic E-state index is 0.264. The lowest BCUT2D eigenvalue weighted by Gasteiger charge is -2.19. The Bertz CT molecular complexity index is 1460. The molecule has 0 bridgehead atoms. The van der Waals surface area contributed by atoms with Crippen molar-refractivity contribution in [1.82, 2.24) is 10.6 Å². The van der Waals surface area contributed by atoms with E-state index in [-0.39, 0.29) is 11.8 Å². The molecule has 0 aliphatic rings. The fraction of sp³-hybridized carbons (Fsp3) is 0.188. The Labute approximate surface area is 244 Å². The Morgan fingerprint density at radius 3 is 2.33 bits per heavy atom. The third-order valence-corrected chi connectivity index (χ3v) is 6.94. The summed E-state index contributed by atoms with van der Waals surface area (Å²) in [5, 5.41) is 10.3. The minimum atomic E-state index is -0.769. The average molecular weight is 577 g/mol. The molecule has 206 valence electrons. The van der Waals surface area contributed by atoms with E-state index in [0.717, 1.165) is 33.7 Å². The highest BCUT2D eigenvalue weighted by Crippen LogP contribution is 2.30. The molecule has 0 aliphatic heterocycles. The second kappa shape index (κ2) is 13.9. The van der Waals surface area contributed by atoms with E-state index in [4.69, 9.17) is 27.9 Å². The molecule has 4 rings (SSSR count). The third kappa shape index (κ3) is 8.01. The minimum Gasteiger partial charge on any atom is -0.497 e. The van der Waals surface area contributed by atoms with Crippen molar-refractivity contribution in [2.45, 2.75) is 19.4 Å². The van der Waals surface area contributed by atoms with Gasteiger partial charge in [0.2, 0.25) is 5.91 Å². The molecule has 8 heteroatoms. The van der Waals surface area contributed by atoms with Gasteiger partial charge >= 0.3 is 0 Å². The van der Waals surface area contributed by atoms with Crippen molar-refractivity contribution in [1.29, 1.82) is 0 Å². The van der Waals surface area contributed by atoms with Crippen LogP contribution in [0.15, 0.2) is 91.0 Å². The molecular formula is C32H31Cl2N3O3. The van der Waals surface area contributed by atoms with Crippen molar-refractivity contribution in [2.24, 2.45) is 0 Å². The lowest BCUT2D eigenvalue weighted by molar-refractivity contribution is -0.122. The summed E-state index contributed by atoms with van der Waals surface area (Å²) in [6.07, 6.45) is 0.318. The van der Waals surface area contributed by atoms with Gasteiger partial charge in [-0.05, 0) is 72.6 Å². The number of carbonyl (C=O) groups excluding carboxylic acids is 2. The second-order valence-electron chi connectivity index (χ2n) is 9.37. The number of ether oxygens (including phenoxy) is 1. The molecule has 0 fully saturated rings. The highest BCUT2D eigenvalue weighted by Gasteiger charge is 2.22.